The van der Waals surface area contributed by atoms with Crippen LogP contribution in [-0.4, -0.2) is 31.8 Å². The molecule has 1 heterocycles. The van der Waals surface area contributed by atoms with E-state index in [0.29, 0.717) is 39.8 Å². The number of halogens is 1. The van der Waals surface area contributed by atoms with Gasteiger partial charge in [0.05, 0.1) is 21.9 Å². The fourth-order valence-corrected chi connectivity index (χ4v) is 3.91. The van der Waals surface area contributed by atoms with Gasteiger partial charge in [0.25, 0.3) is 17.2 Å². The van der Waals surface area contributed by atoms with E-state index < -0.39 is 11.0 Å². The van der Waals surface area contributed by atoms with Crippen molar-refractivity contribution < 1.29 is 9.72 Å². The van der Waals surface area contributed by atoms with E-state index in [2.05, 4.69) is 18.8 Å². The summed E-state index contributed by atoms with van der Waals surface area (Å²) in [5, 5.41) is 12.3. The fraction of sp³-hybridized carbons (Fsp3) is 0.375. The van der Waals surface area contributed by atoms with E-state index in [1.807, 2.05) is 0 Å². The predicted octanol–water partition coefficient (Wildman–Crippen LogP) is 5.05. The van der Waals surface area contributed by atoms with E-state index in [1.165, 1.54) is 10.6 Å². The van der Waals surface area contributed by atoms with Crippen LogP contribution in [0, 0.1) is 23.0 Å². The SMILES string of the molecule is Cc1ccc(C(=O)N(CCC(C)C)C(C)c2nc3cc(Cl)ccc3c(=O)n2C)cc1[N+](=O)[O-]. The van der Waals surface area contributed by atoms with Crippen molar-refractivity contribution in [3.8, 4) is 0 Å². The normalized spacial score (nSPS) is 12.2. The molecule has 174 valence electrons. The van der Waals surface area contributed by atoms with Crippen LogP contribution in [0.2, 0.25) is 5.02 Å². The number of aryl methyl sites for hydroxylation is 1. The minimum absolute atomic E-state index is 0.108. The molecule has 1 aromatic heterocycles. The molecule has 0 aliphatic rings. The summed E-state index contributed by atoms with van der Waals surface area (Å²) in [5.41, 5.74) is 0.809. The third-order valence-corrected chi connectivity index (χ3v) is 6.01. The topological polar surface area (TPSA) is 98.3 Å². The molecule has 8 nitrogen and oxygen atoms in total. The Morgan fingerprint density at radius 1 is 1.21 bits per heavy atom. The highest BCUT2D eigenvalue weighted by atomic mass is 35.5. The molecule has 3 aromatic rings. The van der Waals surface area contributed by atoms with Gasteiger partial charge in [0.2, 0.25) is 0 Å². The lowest BCUT2D eigenvalue weighted by atomic mass is 10.1. The summed E-state index contributed by atoms with van der Waals surface area (Å²) in [6, 6.07) is 8.80. The van der Waals surface area contributed by atoms with Crippen LogP contribution in [0.5, 0.6) is 0 Å². The smallest absolute Gasteiger partial charge is 0.273 e. The molecule has 0 N–H and O–H groups in total. The van der Waals surface area contributed by atoms with Crippen molar-refractivity contribution in [1.29, 1.82) is 0 Å². The summed E-state index contributed by atoms with van der Waals surface area (Å²) in [7, 11) is 1.62. The van der Waals surface area contributed by atoms with Crippen molar-refractivity contribution >= 4 is 34.1 Å². The maximum absolute atomic E-state index is 13.5. The van der Waals surface area contributed by atoms with Crippen LogP contribution in [0.15, 0.2) is 41.2 Å². The van der Waals surface area contributed by atoms with Crippen molar-refractivity contribution in [2.45, 2.75) is 40.2 Å². The van der Waals surface area contributed by atoms with E-state index in [0.717, 1.165) is 6.42 Å². The van der Waals surface area contributed by atoms with Crippen LogP contribution in [0.25, 0.3) is 10.9 Å². The molecule has 3 rings (SSSR count). The second-order valence-electron chi connectivity index (χ2n) is 8.61. The summed E-state index contributed by atoms with van der Waals surface area (Å²) >= 11 is 6.11. The van der Waals surface area contributed by atoms with Gasteiger partial charge >= 0.3 is 0 Å². The van der Waals surface area contributed by atoms with Crippen molar-refractivity contribution in [3.63, 3.8) is 0 Å². The highest BCUT2D eigenvalue weighted by molar-refractivity contribution is 6.31. The minimum atomic E-state index is -0.558. The van der Waals surface area contributed by atoms with E-state index in [9.17, 15) is 19.7 Å². The Labute approximate surface area is 197 Å². The highest BCUT2D eigenvalue weighted by Crippen LogP contribution is 2.26. The Hall–Kier alpha value is -3.26. The second-order valence-corrected chi connectivity index (χ2v) is 9.05. The first-order valence-corrected chi connectivity index (χ1v) is 11.1. The summed E-state index contributed by atoms with van der Waals surface area (Å²) in [6.07, 6.45) is 0.720. The molecule has 0 radical (unpaired) electrons. The maximum atomic E-state index is 13.5. The van der Waals surface area contributed by atoms with E-state index in [1.54, 1.807) is 56.1 Å². The number of carbonyl (C=O) groups is 1. The molecule has 0 aliphatic carbocycles. The van der Waals surface area contributed by atoms with Gasteiger partial charge in [-0.25, -0.2) is 4.98 Å². The number of nitro benzene ring substituents is 1. The van der Waals surface area contributed by atoms with Gasteiger partial charge in [-0.15, -0.1) is 0 Å². The lowest BCUT2D eigenvalue weighted by Gasteiger charge is -2.30. The van der Waals surface area contributed by atoms with E-state index in [4.69, 9.17) is 11.6 Å². The summed E-state index contributed by atoms with van der Waals surface area (Å²) in [5.74, 6) is 0.382. The quantitative estimate of drug-likeness (QED) is 0.355. The number of nitrogens with zero attached hydrogens (tertiary/aromatic N) is 4. The second kappa shape index (κ2) is 9.70. The molecule has 0 saturated carbocycles. The molecule has 9 heteroatoms. The largest absolute Gasteiger partial charge is 0.329 e. The predicted molar refractivity (Wildman–Crippen MR) is 129 cm³/mol. The molecule has 0 spiro atoms. The molecule has 0 saturated heterocycles. The Balaban J connectivity index is 2.10. The lowest BCUT2D eigenvalue weighted by Crippen LogP contribution is -2.38. The molecular formula is C24H27ClN4O4. The van der Waals surface area contributed by atoms with Crippen LogP contribution in [-0.2, 0) is 7.05 Å². The minimum Gasteiger partial charge on any atom is -0.329 e. The summed E-state index contributed by atoms with van der Waals surface area (Å²) in [4.78, 5) is 43.7. The van der Waals surface area contributed by atoms with Crippen molar-refractivity contribution in [1.82, 2.24) is 14.5 Å². The van der Waals surface area contributed by atoms with Crippen molar-refractivity contribution in [3.05, 3.63) is 78.8 Å². The van der Waals surface area contributed by atoms with Crippen molar-refractivity contribution in [2.24, 2.45) is 13.0 Å². The Bertz CT molecular complexity index is 1290. The van der Waals surface area contributed by atoms with E-state index in [-0.39, 0.29) is 22.7 Å². The number of hydrogen-bond donors (Lipinski definition) is 0. The number of aromatic nitrogens is 2. The Morgan fingerprint density at radius 3 is 2.55 bits per heavy atom. The molecule has 1 atom stereocenters. The summed E-state index contributed by atoms with van der Waals surface area (Å²) < 4.78 is 1.44. The number of benzene rings is 2. The average molecular weight is 471 g/mol. The highest BCUT2D eigenvalue weighted by Gasteiger charge is 2.27. The zero-order valence-corrected chi connectivity index (χ0v) is 20.1. The van der Waals surface area contributed by atoms with Crippen LogP contribution in [0.1, 0.15) is 55.0 Å². The number of amides is 1. The molecule has 1 amide bonds. The lowest BCUT2D eigenvalue weighted by molar-refractivity contribution is -0.385. The van der Waals surface area contributed by atoms with Crippen LogP contribution in [0.3, 0.4) is 0 Å². The monoisotopic (exact) mass is 470 g/mol. The van der Waals surface area contributed by atoms with E-state index >= 15 is 0 Å². The third kappa shape index (κ3) is 5.06. The maximum Gasteiger partial charge on any atom is 0.273 e. The molecular weight excluding hydrogens is 444 g/mol. The first-order valence-electron chi connectivity index (χ1n) is 10.7. The van der Waals surface area contributed by atoms with Gasteiger partial charge < -0.3 is 4.90 Å². The zero-order valence-electron chi connectivity index (χ0n) is 19.3. The van der Waals surface area contributed by atoms with Crippen molar-refractivity contribution in [2.75, 3.05) is 6.54 Å². The number of carbonyl (C=O) groups excluding carboxylic acids is 1. The molecule has 0 fully saturated rings. The van der Waals surface area contributed by atoms with Gasteiger partial charge in [-0.3, -0.25) is 24.3 Å². The Kier molecular flexibility index (Phi) is 7.17. The van der Waals surface area contributed by atoms with Gasteiger partial charge in [0.15, 0.2) is 0 Å². The average Bonchev–Trinajstić information content (AvgIpc) is 2.75. The van der Waals surface area contributed by atoms with Crippen LogP contribution >= 0.6 is 11.6 Å². The fourth-order valence-electron chi connectivity index (χ4n) is 3.75. The third-order valence-electron chi connectivity index (χ3n) is 5.78. The standard InChI is InChI=1S/C24H27ClN4O4/c1-14(2)10-11-28(23(30)17-7-6-15(3)21(12-17)29(32)33)16(4)22-26-20-13-18(25)8-9-19(20)24(31)27(22)5/h6-9,12-14,16H,10-11H2,1-5H3. The Morgan fingerprint density at radius 2 is 1.91 bits per heavy atom. The molecule has 0 bridgehead atoms. The number of hydrogen-bond acceptors (Lipinski definition) is 5. The number of nitro groups is 1. The molecule has 33 heavy (non-hydrogen) atoms. The zero-order chi connectivity index (χ0) is 24.4. The molecule has 0 aliphatic heterocycles. The summed E-state index contributed by atoms with van der Waals surface area (Å²) in [6.45, 7) is 7.94. The number of rotatable bonds is 7. The van der Waals surface area contributed by atoms with Crippen LogP contribution in [0.4, 0.5) is 5.69 Å². The first-order chi connectivity index (χ1) is 15.5. The number of fused-ring (bicyclic) bond motifs is 1. The van der Waals surface area contributed by atoms with Gasteiger partial charge in [0, 0.05) is 35.8 Å². The molecule has 2 aromatic carbocycles. The van der Waals surface area contributed by atoms with Gasteiger partial charge in [-0.1, -0.05) is 31.5 Å². The first kappa shape index (κ1) is 24.4. The van der Waals surface area contributed by atoms with Gasteiger partial charge in [-0.2, -0.15) is 0 Å². The van der Waals surface area contributed by atoms with Gasteiger partial charge in [-0.05, 0) is 50.5 Å². The van der Waals surface area contributed by atoms with Gasteiger partial charge in [0.1, 0.15) is 5.82 Å². The van der Waals surface area contributed by atoms with Crippen LogP contribution < -0.4 is 5.56 Å². The molecule has 1 unspecified atom stereocenters.